The Kier molecular flexibility index (Phi) is 3.27. The number of Topliss-reactive ketones (excluding diaryl/α,β-unsaturated/α-hetero) is 1. The summed E-state index contributed by atoms with van der Waals surface area (Å²) in [5.74, 6) is 1.27. The molecule has 0 spiro atoms. The lowest BCUT2D eigenvalue weighted by atomic mass is 9.80. The number of halogens is 1. The van der Waals surface area contributed by atoms with Gasteiger partial charge in [-0.25, -0.2) is 0 Å². The van der Waals surface area contributed by atoms with Crippen LogP contribution in [0.4, 0.5) is 0 Å². The fourth-order valence-electron chi connectivity index (χ4n) is 1.73. The van der Waals surface area contributed by atoms with Crippen molar-refractivity contribution in [3.63, 3.8) is 0 Å². The highest BCUT2D eigenvalue weighted by Gasteiger charge is 2.35. The van der Waals surface area contributed by atoms with E-state index >= 15 is 0 Å². The van der Waals surface area contributed by atoms with E-state index in [1.54, 1.807) is 0 Å². The van der Waals surface area contributed by atoms with Crippen molar-refractivity contribution in [2.75, 3.05) is 5.88 Å². The zero-order valence-electron chi connectivity index (χ0n) is 8.36. The van der Waals surface area contributed by atoms with Crippen molar-refractivity contribution in [3.05, 3.63) is 30.3 Å². The number of carbonyl (C=O) groups is 1. The monoisotopic (exact) mass is 224 g/mol. The van der Waals surface area contributed by atoms with E-state index in [1.807, 2.05) is 30.3 Å². The van der Waals surface area contributed by atoms with E-state index in [4.69, 9.17) is 16.3 Å². The van der Waals surface area contributed by atoms with Gasteiger partial charge in [0.05, 0.1) is 5.88 Å². The third kappa shape index (κ3) is 2.51. The third-order valence-electron chi connectivity index (χ3n) is 2.73. The summed E-state index contributed by atoms with van der Waals surface area (Å²) in [6, 6.07) is 9.69. The van der Waals surface area contributed by atoms with Crippen LogP contribution in [0.15, 0.2) is 30.3 Å². The van der Waals surface area contributed by atoms with Crippen LogP contribution in [0.5, 0.6) is 5.75 Å². The van der Waals surface area contributed by atoms with Crippen LogP contribution < -0.4 is 4.74 Å². The summed E-state index contributed by atoms with van der Waals surface area (Å²) >= 11 is 5.48. The van der Waals surface area contributed by atoms with E-state index in [9.17, 15) is 4.79 Å². The number of para-hydroxylation sites is 1. The molecule has 2 nitrogen and oxygen atoms in total. The molecule has 1 aliphatic rings. The van der Waals surface area contributed by atoms with Crippen LogP contribution in [0, 0.1) is 5.92 Å². The summed E-state index contributed by atoms with van der Waals surface area (Å²) in [6.45, 7) is 0. The second-order valence-electron chi connectivity index (χ2n) is 3.82. The van der Waals surface area contributed by atoms with Crippen molar-refractivity contribution >= 4 is 17.4 Å². The van der Waals surface area contributed by atoms with Gasteiger partial charge in [-0.15, -0.1) is 11.6 Å². The van der Waals surface area contributed by atoms with E-state index in [2.05, 4.69) is 0 Å². The Morgan fingerprint density at radius 2 is 2.00 bits per heavy atom. The lowest BCUT2D eigenvalue weighted by Crippen LogP contribution is -2.38. The molecule has 0 aromatic heterocycles. The van der Waals surface area contributed by atoms with Crippen molar-refractivity contribution in [3.8, 4) is 5.75 Å². The first-order valence-electron chi connectivity index (χ1n) is 5.10. The molecular weight excluding hydrogens is 212 g/mol. The van der Waals surface area contributed by atoms with Crippen molar-refractivity contribution in [1.29, 1.82) is 0 Å². The second kappa shape index (κ2) is 4.67. The quantitative estimate of drug-likeness (QED) is 0.735. The van der Waals surface area contributed by atoms with Crippen molar-refractivity contribution < 1.29 is 9.53 Å². The number of hydrogen-bond donors (Lipinski definition) is 0. The highest BCUT2D eigenvalue weighted by molar-refractivity contribution is 6.28. The zero-order chi connectivity index (χ0) is 10.7. The molecule has 1 fully saturated rings. The number of rotatable bonds is 4. The first-order chi connectivity index (χ1) is 7.29. The Bertz CT molecular complexity index is 331. The lowest BCUT2D eigenvalue weighted by molar-refractivity contribution is -0.125. The first-order valence-corrected chi connectivity index (χ1v) is 5.63. The average Bonchev–Trinajstić information content (AvgIpc) is 2.23. The number of ketones is 1. The zero-order valence-corrected chi connectivity index (χ0v) is 9.11. The predicted octanol–water partition coefficient (Wildman–Crippen LogP) is 2.65. The smallest absolute Gasteiger partial charge is 0.150 e. The van der Waals surface area contributed by atoms with Crippen LogP contribution in [-0.2, 0) is 4.79 Å². The Hall–Kier alpha value is -1.02. The summed E-state index contributed by atoms with van der Waals surface area (Å²) in [7, 11) is 0. The van der Waals surface area contributed by atoms with E-state index in [1.165, 1.54) is 0 Å². The first kappa shape index (κ1) is 10.5. The molecule has 0 saturated heterocycles. The Labute approximate surface area is 94.2 Å². The minimum Gasteiger partial charge on any atom is -0.490 e. The fourth-order valence-corrected chi connectivity index (χ4v) is 1.94. The van der Waals surface area contributed by atoms with E-state index < -0.39 is 0 Å². The summed E-state index contributed by atoms with van der Waals surface area (Å²) in [5, 5.41) is 0. The van der Waals surface area contributed by atoms with Crippen LogP contribution in [0.1, 0.15) is 12.8 Å². The normalized spacial score (nSPS) is 24.3. The Balaban J connectivity index is 1.79. The van der Waals surface area contributed by atoms with Crippen LogP contribution in [0.3, 0.4) is 0 Å². The molecule has 1 aromatic rings. The molecule has 0 aliphatic heterocycles. The predicted molar refractivity (Wildman–Crippen MR) is 59.3 cm³/mol. The molecule has 1 aromatic carbocycles. The van der Waals surface area contributed by atoms with Gasteiger partial charge in [-0.05, 0) is 25.0 Å². The molecule has 0 N–H and O–H groups in total. The van der Waals surface area contributed by atoms with E-state index in [0.29, 0.717) is 0 Å². The maximum atomic E-state index is 11.2. The maximum Gasteiger partial charge on any atom is 0.150 e. The number of benzene rings is 1. The SMILES string of the molecule is O=C(CCl)C1CC(Oc2ccccc2)C1. The Morgan fingerprint density at radius 1 is 1.33 bits per heavy atom. The number of ether oxygens (including phenoxy) is 1. The van der Waals surface area contributed by atoms with Crippen molar-refractivity contribution in [1.82, 2.24) is 0 Å². The summed E-state index contributed by atoms with van der Waals surface area (Å²) in [4.78, 5) is 11.2. The van der Waals surface area contributed by atoms with Crippen LogP contribution in [0.25, 0.3) is 0 Å². The van der Waals surface area contributed by atoms with E-state index in [0.717, 1.165) is 18.6 Å². The number of hydrogen-bond acceptors (Lipinski definition) is 2. The van der Waals surface area contributed by atoms with Gasteiger partial charge in [-0.2, -0.15) is 0 Å². The third-order valence-corrected chi connectivity index (χ3v) is 2.99. The molecule has 3 heteroatoms. The van der Waals surface area contributed by atoms with Gasteiger partial charge in [0.25, 0.3) is 0 Å². The largest absolute Gasteiger partial charge is 0.490 e. The van der Waals surface area contributed by atoms with Gasteiger partial charge in [0.2, 0.25) is 0 Å². The van der Waals surface area contributed by atoms with Gasteiger partial charge < -0.3 is 4.74 Å². The maximum absolute atomic E-state index is 11.2. The van der Waals surface area contributed by atoms with Gasteiger partial charge in [0, 0.05) is 5.92 Å². The molecule has 1 saturated carbocycles. The molecule has 0 amide bonds. The standard InChI is InChI=1S/C12H13ClO2/c13-8-12(14)9-6-11(7-9)15-10-4-2-1-3-5-10/h1-5,9,11H,6-8H2. The molecule has 80 valence electrons. The minimum atomic E-state index is 0.121. The number of carbonyl (C=O) groups excluding carboxylic acids is 1. The fraction of sp³-hybridized carbons (Fsp3) is 0.417. The van der Waals surface area contributed by atoms with Crippen LogP contribution >= 0.6 is 11.6 Å². The average molecular weight is 225 g/mol. The van der Waals surface area contributed by atoms with E-state index in [-0.39, 0.29) is 23.7 Å². The molecule has 0 atom stereocenters. The molecule has 0 unspecified atom stereocenters. The van der Waals surface area contributed by atoms with Gasteiger partial charge in [0.15, 0.2) is 5.78 Å². The molecular formula is C12H13ClO2. The van der Waals surface area contributed by atoms with Crippen LogP contribution in [-0.4, -0.2) is 17.8 Å². The summed E-state index contributed by atoms with van der Waals surface area (Å²) in [6.07, 6.45) is 1.80. The second-order valence-corrected chi connectivity index (χ2v) is 4.09. The number of alkyl halides is 1. The van der Waals surface area contributed by atoms with Crippen molar-refractivity contribution in [2.24, 2.45) is 5.92 Å². The van der Waals surface area contributed by atoms with Crippen LogP contribution in [0.2, 0.25) is 0 Å². The Morgan fingerprint density at radius 3 is 2.60 bits per heavy atom. The molecule has 15 heavy (non-hydrogen) atoms. The summed E-state index contributed by atoms with van der Waals surface area (Å²) < 4.78 is 5.68. The topological polar surface area (TPSA) is 26.3 Å². The molecule has 1 aliphatic carbocycles. The highest BCUT2D eigenvalue weighted by atomic mass is 35.5. The molecule has 2 rings (SSSR count). The highest BCUT2D eigenvalue weighted by Crippen LogP contribution is 2.32. The van der Waals surface area contributed by atoms with Gasteiger partial charge in [-0.1, -0.05) is 18.2 Å². The minimum absolute atomic E-state index is 0.121. The molecule has 0 radical (unpaired) electrons. The van der Waals surface area contributed by atoms with Gasteiger partial charge in [-0.3, -0.25) is 4.79 Å². The van der Waals surface area contributed by atoms with Gasteiger partial charge in [0.1, 0.15) is 11.9 Å². The van der Waals surface area contributed by atoms with Gasteiger partial charge >= 0.3 is 0 Å². The molecule has 0 bridgehead atoms. The molecule has 0 heterocycles. The van der Waals surface area contributed by atoms with Crippen molar-refractivity contribution in [2.45, 2.75) is 18.9 Å². The lowest BCUT2D eigenvalue weighted by Gasteiger charge is -2.33. The summed E-state index contributed by atoms with van der Waals surface area (Å²) in [5.41, 5.74) is 0.